The number of esters is 1. The molecule has 6 nitrogen and oxygen atoms in total. The van der Waals surface area contributed by atoms with Crippen molar-refractivity contribution in [3.8, 4) is 0 Å². The molecule has 2 heterocycles. The summed E-state index contributed by atoms with van der Waals surface area (Å²) in [6.45, 7) is 2.21. The lowest BCUT2D eigenvalue weighted by Crippen LogP contribution is -2.48. The van der Waals surface area contributed by atoms with E-state index in [0.717, 1.165) is 42.5 Å². The van der Waals surface area contributed by atoms with Gasteiger partial charge in [0.2, 0.25) is 11.8 Å². The molecular formula is C26H31FN2O4S. The van der Waals surface area contributed by atoms with Gasteiger partial charge in [0.05, 0.1) is 18.6 Å². The Morgan fingerprint density at radius 1 is 1.12 bits per heavy atom. The largest absolute Gasteiger partial charge is 0.466 e. The van der Waals surface area contributed by atoms with Gasteiger partial charge in [-0.2, -0.15) is 0 Å². The van der Waals surface area contributed by atoms with Crippen LogP contribution >= 0.6 is 11.3 Å². The summed E-state index contributed by atoms with van der Waals surface area (Å²) in [4.78, 5) is 42.7. The van der Waals surface area contributed by atoms with Gasteiger partial charge in [-0.25, -0.2) is 4.39 Å². The summed E-state index contributed by atoms with van der Waals surface area (Å²) in [5.41, 5.74) is 0.759. The first-order chi connectivity index (χ1) is 16.5. The van der Waals surface area contributed by atoms with Crippen LogP contribution in [0.2, 0.25) is 0 Å². The van der Waals surface area contributed by atoms with E-state index in [1.165, 1.54) is 23.5 Å². The van der Waals surface area contributed by atoms with Crippen molar-refractivity contribution in [1.29, 1.82) is 0 Å². The van der Waals surface area contributed by atoms with Gasteiger partial charge in [0.25, 0.3) is 0 Å². The van der Waals surface area contributed by atoms with Gasteiger partial charge in [0, 0.05) is 17.3 Å². The van der Waals surface area contributed by atoms with Crippen molar-refractivity contribution >= 4 is 29.1 Å². The van der Waals surface area contributed by atoms with Crippen molar-refractivity contribution in [3.63, 3.8) is 0 Å². The van der Waals surface area contributed by atoms with Crippen LogP contribution in [-0.2, 0) is 25.7 Å². The van der Waals surface area contributed by atoms with Crippen molar-refractivity contribution in [2.24, 2.45) is 11.8 Å². The molecule has 2 fully saturated rings. The Kier molecular flexibility index (Phi) is 7.98. The zero-order valence-electron chi connectivity index (χ0n) is 19.4. The average Bonchev–Trinajstić information content (AvgIpc) is 3.52. The number of carbonyl (C=O) groups excluding carboxylic acids is 3. The second kappa shape index (κ2) is 11.1. The maximum absolute atomic E-state index is 13.8. The molecule has 1 saturated heterocycles. The predicted octanol–water partition coefficient (Wildman–Crippen LogP) is 4.61. The van der Waals surface area contributed by atoms with Crippen LogP contribution in [0, 0.1) is 17.7 Å². The smallest absolute Gasteiger partial charge is 0.311 e. The number of likely N-dealkylation sites (tertiary alicyclic amines) is 1. The number of hydrogen-bond acceptors (Lipinski definition) is 5. The SMILES string of the molecule is CCOC(=O)C1CC(C(=O)NCc2ccc(F)cc2)N(C(=O)C2CCCCC2)C1c1cccs1. The summed E-state index contributed by atoms with van der Waals surface area (Å²) < 4.78 is 18.6. The fourth-order valence-electron chi connectivity index (χ4n) is 5.13. The first kappa shape index (κ1) is 24.4. The first-order valence-corrected chi connectivity index (χ1v) is 12.9. The maximum Gasteiger partial charge on any atom is 0.311 e. The van der Waals surface area contributed by atoms with Crippen LogP contribution in [-0.4, -0.2) is 35.3 Å². The van der Waals surface area contributed by atoms with E-state index in [4.69, 9.17) is 4.74 Å². The molecule has 1 aliphatic carbocycles. The molecule has 8 heteroatoms. The molecule has 0 radical (unpaired) electrons. The summed E-state index contributed by atoms with van der Waals surface area (Å²) in [6, 6.07) is 8.45. The molecule has 4 rings (SSSR count). The van der Waals surface area contributed by atoms with Crippen LogP contribution in [0.4, 0.5) is 4.39 Å². The highest BCUT2D eigenvalue weighted by Crippen LogP contribution is 2.45. The Bertz CT molecular complexity index is 989. The van der Waals surface area contributed by atoms with Gasteiger partial charge in [-0.05, 0) is 55.3 Å². The highest BCUT2D eigenvalue weighted by molar-refractivity contribution is 7.10. The van der Waals surface area contributed by atoms with Crippen LogP contribution in [0.15, 0.2) is 41.8 Å². The van der Waals surface area contributed by atoms with Gasteiger partial charge in [-0.15, -0.1) is 11.3 Å². The molecule has 0 spiro atoms. The molecule has 3 atom stereocenters. The quantitative estimate of drug-likeness (QED) is 0.580. The number of nitrogens with one attached hydrogen (secondary N) is 1. The van der Waals surface area contributed by atoms with Crippen LogP contribution in [0.5, 0.6) is 0 Å². The number of halogens is 1. The van der Waals surface area contributed by atoms with E-state index >= 15 is 0 Å². The minimum atomic E-state index is -0.767. The third-order valence-corrected chi connectivity index (χ3v) is 7.75. The number of ether oxygens (including phenoxy) is 1. The molecule has 34 heavy (non-hydrogen) atoms. The van der Waals surface area contributed by atoms with E-state index in [0.29, 0.717) is 0 Å². The molecule has 1 aromatic heterocycles. The molecule has 182 valence electrons. The molecule has 2 aromatic rings. The Labute approximate surface area is 203 Å². The molecule has 3 unspecified atom stereocenters. The summed E-state index contributed by atoms with van der Waals surface area (Å²) in [6.07, 6.45) is 4.94. The van der Waals surface area contributed by atoms with Gasteiger partial charge in [0.1, 0.15) is 11.9 Å². The first-order valence-electron chi connectivity index (χ1n) is 12.0. The summed E-state index contributed by atoms with van der Waals surface area (Å²) in [7, 11) is 0. The highest BCUT2D eigenvalue weighted by atomic mass is 32.1. The third kappa shape index (κ3) is 5.32. The van der Waals surface area contributed by atoms with Crippen LogP contribution in [0.1, 0.15) is 61.9 Å². The fraction of sp³-hybridized carbons (Fsp3) is 0.500. The zero-order valence-corrected chi connectivity index (χ0v) is 20.2. The highest BCUT2D eigenvalue weighted by Gasteiger charge is 2.52. The standard InChI is InChI=1S/C26H31FN2O4S/c1-2-33-26(32)20-15-21(24(30)28-16-17-10-12-19(27)13-11-17)29(23(20)22-9-6-14-34-22)25(31)18-7-4-3-5-8-18/h6,9-14,18,20-21,23H,2-5,7-8,15-16H2,1H3,(H,28,30). The van der Waals surface area contributed by atoms with Crippen LogP contribution in [0.25, 0.3) is 0 Å². The van der Waals surface area contributed by atoms with Gasteiger partial charge in [-0.1, -0.05) is 37.5 Å². The summed E-state index contributed by atoms with van der Waals surface area (Å²) >= 11 is 1.48. The van der Waals surface area contributed by atoms with Gasteiger partial charge in [0.15, 0.2) is 0 Å². The van der Waals surface area contributed by atoms with Crippen molar-refractivity contribution in [3.05, 3.63) is 58.0 Å². The number of rotatable bonds is 7. The molecule has 1 aromatic carbocycles. The average molecular weight is 487 g/mol. The molecular weight excluding hydrogens is 455 g/mol. The molecule has 0 bridgehead atoms. The normalized spacial score (nSPS) is 23.0. The second-order valence-electron chi connectivity index (χ2n) is 9.00. The zero-order chi connectivity index (χ0) is 24.1. The van der Waals surface area contributed by atoms with Gasteiger partial charge in [-0.3, -0.25) is 14.4 Å². The monoisotopic (exact) mass is 486 g/mol. The minimum absolute atomic E-state index is 0.0492. The predicted molar refractivity (Wildman–Crippen MR) is 127 cm³/mol. The van der Waals surface area contributed by atoms with Gasteiger partial charge < -0.3 is 15.0 Å². The van der Waals surface area contributed by atoms with E-state index in [9.17, 15) is 18.8 Å². The molecule has 2 amide bonds. The van der Waals surface area contributed by atoms with E-state index in [1.54, 1.807) is 24.0 Å². The summed E-state index contributed by atoms with van der Waals surface area (Å²) in [5, 5.41) is 4.82. The van der Waals surface area contributed by atoms with E-state index < -0.39 is 18.0 Å². The van der Waals surface area contributed by atoms with Gasteiger partial charge >= 0.3 is 5.97 Å². The topological polar surface area (TPSA) is 75.7 Å². The molecule has 1 aliphatic heterocycles. The second-order valence-corrected chi connectivity index (χ2v) is 9.97. The molecule has 1 saturated carbocycles. The number of nitrogens with zero attached hydrogens (tertiary/aromatic N) is 1. The summed E-state index contributed by atoms with van der Waals surface area (Å²) in [5.74, 6) is -1.81. The lowest BCUT2D eigenvalue weighted by Gasteiger charge is -2.34. The number of amides is 2. The lowest BCUT2D eigenvalue weighted by atomic mass is 9.87. The Morgan fingerprint density at radius 3 is 2.50 bits per heavy atom. The Morgan fingerprint density at radius 2 is 1.85 bits per heavy atom. The minimum Gasteiger partial charge on any atom is -0.466 e. The van der Waals surface area contributed by atoms with Crippen molar-refractivity contribution in [1.82, 2.24) is 10.2 Å². The van der Waals surface area contributed by atoms with Crippen LogP contribution < -0.4 is 5.32 Å². The third-order valence-electron chi connectivity index (χ3n) is 6.81. The van der Waals surface area contributed by atoms with E-state index in [2.05, 4.69) is 5.32 Å². The lowest BCUT2D eigenvalue weighted by molar-refractivity contribution is -0.150. The molecule has 2 aliphatic rings. The number of benzene rings is 1. The number of carbonyl (C=O) groups is 3. The van der Waals surface area contributed by atoms with Crippen molar-refractivity contribution < 1.29 is 23.5 Å². The van der Waals surface area contributed by atoms with Crippen LogP contribution in [0.3, 0.4) is 0 Å². The number of thiophene rings is 1. The van der Waals surface area contributed by atoms with Crippen molar-refractivity contribution in [2.45, 2.75) is 64.1 Å². The molecule has 1 N–H and O–H groups in total. The van der Waals surface area contributed by atoms with E-state index in [1.807, 2.05) is 17.5 Å². The fourth-order valence-corrected chi connectivity index (χ4v) is 6.02. The van der Waals surface area contributed by atoms with Crippen molar-refractivity contribution in [2.75, 3.05) is 6.61 Å². The number of hydrogen-bond donors (Lipinski definition) is 1. The Balaban J connectivity index is 1.62. The maximum atomic E-state index is 13.8. The van der Waals surface area contributed by atoms with E-state index in [-0.39, 0.29) is 49.1 Å². The Hall–Kier alpha value is -2.74.